The van der Waals surface area contributed by atoms with Gasteiger partial charge in [-0.2, -0.15) is 0 Å². The molecule has 5 heteroatoms. The minimum atomic E-state index is -2.83. The third-order valence-electron chi connectivity index (χ3n) is 5.81. The fraction of sp³-hybridized carbons (Fsp3) is 1.00. The molecule has 3 fully saturated rings. The molecule has 2 saturated heterocycles. The van der Waals surface area contributed by atoms with Crippen LogP contribution in [0.4, 0.5) is 0 Å². The summed E-state index contributed by atoms with van der Waals surface area (Å²) in [6.45, 7) is 8.88. The van der Waals surface area contributed by atoms with Crippen molar-refractivity contribution in [2.24, 2.45) is 11.8 Å². The van der Waals surface area contributed by atoms with Crippen molar-refractivity contribution in [2.75, 3.05) is 24.6 Å². The maximum absolute atomic E-state index is 12.0. The molecular formula is C16H30N2O2S. The van der Waals surface area contributed by atoms with Crippen LogP contribution in [0.1, 0.15) is 46.5 Å². The maximum atomic E-state index is 12.0. The van der Waals surface area contributed by atoms with Crippen molar-refractivity contribution in [1.29, 1.82) is 0 Å². The summed E-state index contributed by atoms with van der Waals surface area (Å²) in [7, 11) is -2.83. The average molecular weight is 314 g/mol. The fourth-order valence-electron chi connectivity index (χ4n) is 4.28. The van der Waals surface area contributed by atoms with Crippen molar-refractivity contribution in [2.45, 2.75) is 64.1 Å². The molecule has 0 aromatic carbocycles. The Balaban J connectivity index is 1.80. The topological polar surface area (TPSA) is 49.4 Å². The van der Waals surface area contributed by atoms with E-state index in [4.69, 9.17) is 0 Å². The molecule has 3 aliphatic rings. The lowest BCUT2D eigenvalue weighted by molar-refractivity contribution is 0.0208. The molecule has 4 nitrogen and oxygen atoms in total. The highest BCUT2D eigenvalue weighted by atomic mass is 32.2. The van der Waals surface area contributed by atoms with Crippen LogP contribution in [0.3, 0.4) is 0 Å². The minimum absolute atomic E-state index is 0.187. The van der Waals surface area contributed by atoms with E-state index in [1.54, 1.807) is 0 Å². The summed E-state index contributed by atoms with van der Waals surface area (Å²) in [5.41, 5.74) is 0.187. The molecule has 21 heavy (non-hydrogen) atoms. The van der Waals surface area contributed by atoms with Gasteiger partial charge in [0.05, 0.1) is 11.5 Å². The van der Waals surface area contributed by atoms with Crippen molar-refractivity contribution in [3.05, 3.63) is 0 Å². The summed E-state index contributed by atoms with van der Waals surface area (Å²) < 4.78 is 24.1. The van der Waals surface area contributed by atoms with Crippen LogP contribution < -0.4 is 5.32 Å². The van der Waals surface area contributed by atoms with Gasteiger partial charge in [-0.05, 0) is 44.4 Å². The highest BCUT2D eigenvalue weighted by Gasteiger charge is 2.48. The van der Waals surface area contributed by atoms with Crippen molar-refractivity contribution in [1.82, 2.24) is 10.2 Å². The zero-order valence-electron chi connectivity index (χ0n) is 13.6. The molecule has 122 valence electrons. The van der Waals surface area contributed by atoms with Crippen molar-refractivity contribution >= 4 is 9.84 Å². The summed E-state index contributed by atoms with van der Waals surface area (Å²) in [4.78, 5) is 2.55. The number of nitrogens with one attached hydrogen (secondary N) is 1. The van der Waals surface area contributed by atoms with E-state index in [1.807, 2.05) is 0 Å². The second-order valence-electron chi connectivity index (χ2n) is 7.97. The van der Waals surface area contributed by atoms with Gasteiger partial charge in [-0.25, -0.2) is 8.42 Å². The molecule has 1 N–H and O–H groups in total. The molecule has 3 atom stereocenters. The van der Waals surface area contributed by atoms with E-state index in [2.05, 4.69) is 31.0 Å². The Morgan fingerprint density at radius 3 is 2.52 bits per heavy atom. The van der Waals surface area contributed by atoms with Gasteiger partial charge >= 0.3 is 0 Å². The molecule has 1 aliphatic carbocycles. The lowest BCUT2D eigenvalue weighted by atomic mass is 9.86. The Morgan fingerprint density at radius 2 is 1.95 bits per heavy atom. The second-order valence-corrected chi connectivity index (χ2v) is 10.2. The predicted molar refractivity (Wildman–Crippen MR) is 86.1 cm³/mol. The van der Waals surface area contributed by atoms with Crippen molar-refractivity contribution < 1.29 is 8.42 Å². The highest BCUT2D eigenvalue weighted by molar-refractivity contribution is 7.91. The van der Waals surface area contributed by atoms with E-state index in [9.17, 15) is 8.42 Å². The quantitative estimate of drug-likeness (QED) is 0.861. The van der Waals surface area contributed by atoms with Crippen LogP contribution in [-0.2, 0) is 9.84 Å². The lowest BCUT2D eigenvalue weighted by Crippen LogP contribution is -2.68. The van der Waals surface area contributed by atoms with Gasteiger partial charge in [0.1, 0.15) is 0 Å². The van der Waals surface area contributed by atoms with Gasteiger partial charge in [-0.1, -0.05) is 13.8 Å². The van der Waals surface area contributed by atoms with Gasteiger partial charge in [0.15, 0.2) is 9.84 Å². The molecule has 0 bridgehead atoms. The zero-order valence-corrected chi connectivity index (χ0v) is 14.5. The number of nitrogens with zero attached hydrogens (tertiary/aromatic N) is 1. The van der Waals surface area contributed by atoms with Crippen molar-refractivity contribution in [3.8, 4) is 0 Å². The van der Waals surface area contributed by atoms with Gasteiger partial charge in [0.25, 0.3) is 0 Å². The summed E-state index contributed by atoms with van der Waals surface area (Å²) >= 11 is 0. The molecular weight excluding hydrogens is 284 g/mol. The Bertz CT molecular complexity index is 487. The molecule has 2 aliphatic heterocycles. The molecule has 0 spiro atoms. The average Bonchev–Trinajstić information content (AvgIpc) is 3.21. The largest absolute Gasteiger partial charge is 0.308 e. The standard InChI is InChI=1S/C16H30N2O2S/c1-12(2)15-9-17-16(3,13-6-7-13)11-18(15)14-5-4-8-21(19,20)10-14/h12-15,17H,4-11H2,1-3H3. The third kappa shape index (κ3) is 3.30. The minimum Gasteiger partial charge on any atom is -0.308 e. The first-order valence-electron chi connectivity index (χ1n) is 8.52. The third-order valence-corrected chi connectivity index (χ3v) is 7.61. The predicted octanol–water partition coefficient (Wildman–Crippen LogP) is 1.66. The molecule has 0 radical (unpaired) electrons. The Labute approximate surface area is 129 Å². The molecule has 3 unspecified atom stereocenters. The number of hydrogen-bond acceptors (Lipinski definition) is 4. The SMILES string of the molecule is CC(C)C1CNC(C)(C2CC2)CN1C1CCCS(=O)(=O)C1. The van der Waals surface area contributed by atoms with Crippen LogP contribution in [-0.4, -0.2) is 55.5 Å². The Morgan fingerprint density at radius 1 is 1.24 bits per heavy atom. The lowest BCUT2D eigenvalue weighted by Gasteiger charge is -2.51. The normalized spacial score (nSPS) is 41.3. The summed E-state index contributed by atoms with van der Waals surface area (Å²) in [6.07, 6.45) is 4.53. The van der Waals surface area contributed by atoms with Crippen LogP contribution in [0, 0.1) is 11.8 Å². The molecule has 0 aromatic rings. The van der Waals surface area contributed by atoms with Gasteiger partial charge in [0, 0.05) is 30.7 Å². The van der Waals surface area contributed by atoms with Crippen LogP contribution >= 0.6 is 0 Å². The van der Waals surface area contributed by atoms with E-state index in [0.717, 1.165) is 31.8 Å². The van der Waals surface area contributed by atoms with E-state index in [1.165, 1.54) is 12.8 Å². The molecule has 3 rings (SSSR count). The fourth-order valence-corrected chi connectivity index (χ4v) is 6.00. The highest BCUT2D eigenvalue weighted by Crippen LogP contribution is 2.42. The van der Waals surface area contributed by atoms with Crippen LogP contribution in [0.5, 0.6) is 0 Å². The number of hydrogen-bond donors (Lipinski definition) is 1. The van der Waals surface area contributed by atoms with Crippen LogP contribution in [0.2, 0.25) is 0 Å². The van der Waals surface area contributed by atoms with E-state index in [-0.39, 0.29) is 11.6 Å². The van der Waals surface area contributed by atoms with Crippen molar-refractivity contribution in [3.63, 3.8) is 0 Å². The van der Waals surface area contributed by atoms with Gasteiger partial charge < -0.3 is 5.32 Å². The van der Waals surface area contributed by atoms with Gasteiger partial charge in [0.2, 0.25) is 0 Å². The summed E-state index contributed by atoms with van der Waals surface area (Å²) in [6, 6.07) is 0.700. The van der Waals surface area contributed by atoms with Crippen LogP contribution in [0.15, 0.2) is 0 Å². The maximum Gasteiger partial charge on any atom is 0.151 e. The number of rotatable bonds is 3. The number of sulfone groups is 1. The molecule has 0 aromatic heterocycles. The van der Waals surface area contributed by atoms with E-state index < -0.39 is 9.84 Å². The smallest absolute Gasteiger partial charge is 0.151 e. The molecule has 2 heterocycles. The molecule has 1 saturated carbocycles. The zero-order chi connectivity index (χ0) is 15.3. The van der Waals surface area contributed by atoms with Gasteiger partial charge in [-0.3, -0.25) is 4.90 Å². The summed E-state index contributed by atoms with van der Waals surface area (Å²) in [5.74, 6) is 2.11. The Hall–Kier alpha value is -0.130. The van der Waals surface area contributed by atoms with Gasteiger partial charge in [-0.15, -0.1) is 0 Å². The Kier molecular flexibility index (Phi) is 4.13. The molecule has 0 amide bonds. The monoisotopic (exact) mass is 314 g/mol. The van der Waals surface area contributed by atoms with E-state index in [0.29, 0.717) is 23.5 Å². The van der Waals surface area contributed by atoms with E-state index >= 15 is 0 Å². The second kappa shape index (κ2) is 5.50. The first-order chi connectivity index (χ1) is 9.81. The van der Waals surface area contributed by atoms with Crippen LogP contribution in [0.25, 0.3) is 0 Å². The first kappa shape index (κ1) is 15.8. The first-order valence-corrected chi connectivity index (χ1v) is 10.3. The number of piperazine rings is 1. The summed E-state index contributed by atoms with van der Waals surface area (Å²) in [5, 5.41) is 3.79.